The first kappa shape index (κ1) is 10.5. The molecule has 1 heterocycles. The predicted molar refractivity (Wildman–Crippen MR) is 72.0 cm³/mol. The van der Waals surface area contributed by atoms with Crippen LogP contribution in [0.4, 0.5) is 0 Å². The molecule has 1 aromatic heterocycles. The number of hydrogen-bond acceptors (Lipinski definition) is 2. The monoisotopic (exact) mass is 293 g/mol. The Kier molecular flexibility index (Phi) is 2.60. The Morgan fingerprint density at radius 2 is 2.19 bits per heavy atom. The second-order valence-electron chi connectivity index (χ2n) is 4.24. The van der Waals surface area contributed by atoms with E-state index in [4.69, 9.17) is 4.98 Å². The minimum atomic E-state index is 0.754. The van der Waals surface area contributed by atoms with Gasteiger partial charge in [0.25, 0.3) is 0 Å². The van der Waals surface area contributed by atoms with Crippen LogP contribution in [0.1, 0.15) is 28.6 Å². The molecule has 0 bridgehead atoms. The molecule has 1 aliphatic carbocycles. The van der Waals surface area contributed by atoms with Crippen LogP contribution in [0.5, 0.6) is 0 Å². The summed E-state index contributed by atoms with van der Waals surface area (Å²) in [7, 11) is 0. The van der Waals surface area contributed by atoms with Gasteiger partial charge in [-0.25, -0.2) is 4.98 Å². The van der Waals surface area contributed by atoms with Gasteiger partial charge in [0.2, 0.25) is 0 Å². The summed E-state index contributed by atoms with van der Waals surface area (Å²) in [5.74, 6) is 0.754. The van der Waals surface area contributed by atoms with Gasteiger partial charge in [-0.2, -0.15) is 0 Å². The van der Waals surface area contributed by atoms with Crippen LogP contribution in [0.3, 0.4) is 0 Å². The lowest BCUT2D eigenvalue weighted by molar-refractivity contribution is 1.08. The molecule has 1 saturated carbocycles. The summed E-state index contributed by atoms with van der Waals surface area (Å²) in [6, 6.07) is 8.38. The van der Waals surface area contributed by atoms with E-state index in [0.29, 0.717) is 0 Å². The molecule has 3 rings (SSSR count). The lowest BCUT2D eigenvalue weighted by Crippen LogP contribution is -1.82. The Morgan fingerprint density at radius 3 is 2.88 bits per heavy atom. The van der Waals surface area contributed by atoms with Crippen molar-refractivity contribution in [3.63, 3.8) is 0 Å². The van der Waals surface area contributed by atoms with Gasteiger partial charge in [-0.3, -0.25) is 0 Å². The molecule has 0 saturated heterocycles. The van der Waals surface area contributed by atoms with Crippen LogP contribution in [0.15, 0.2) is 28.7 Å². The standard InChI is InChI=1S/C13H12BrNS/c1-8-12(10-3-2-4-11(14)7-10)15-13(16-8)9-5-6-9/h2-4,7,9H,5-6H2,1H3. The zero-order chi connectivity index (χ0) is 11.1. The van der Waals surface area contributed by atoms with Gasteiger partial charge >= 0.3 is 0 Å². The van der Waals surface area contributed by atoms with Gasteiger partial charge < -0.3 is 0 Å². The molecule has 3 heteroatoms. The van der Waals surface area contributed by atoms with Crippen molar-refractivity contribution in [1.82, 2.24) is 4.98 Å². The van der Waals surface area contributed by atoms with Crippen LogP contribution >= 0.6 is 27.3 Å². The average molecular weight is 294 g/mol. The van der Waals surface area contributed by atoms with Crippen molar-refractivity contribution < 1.29 is 0 Å². The van der Waals surface area contributed by atoms with Crippen molar-refractivity contribution in [1.29, 1.82) is 0 Å². The molecule has 1 aromatic carbocycles. The van der Waals surface area contributed by atoms with Gasteiger partial charge in [0, 0.05) is 20.8 Å². The summed E-state index contributed by atoms with van der Waals surface area (Å²) >= 11 is 5.37. The average Bonchev–Trinajstić information content (AvgIpc) is 3.02. The first-order valence-corrected chi connectivity index (χ1v) is 7.08. The van der Waals surface area contributed by atoms with Crippen LogP contribution in [0, 0.1) is 6.92 Å². The third-order valence-electron chi connectivity index (χ3n) is 2.84. The van der Waals surface area contributed by atoms with Gasteiger partial charge in [0.05, 0.1) is 10.7 Å². The third kappa shape index (κ3) is 1.94. The lowest BCUT2D eigenvalue weighted by Gasteiger charge is -1.98. The van der Waals surface area contributed by atoms with E-state index in [1.807, 2.05) is 17.4 Å². The first-order chi connectivity index (χ1) is 7.74. The van der Waals surface area contributed by atoms with Gasteiger partial charge in [0.1, 0.15) is 0 Å². The zero-order valence-corrected chi connectivity index (χ0v) is 11.4. The summed E-state index contributed by atoms with van der Waals surface area (Å²) in [4.78, 5) is 6.11. The first-order valence-electron chi connectivity index (χ1n) is 5.47. The van der Waals surface area contributed by atoms with Crippen molar-refractivity contribution in [3.05, 3.63) is 38.6 Å². The molecular formula is C13H12BrNS. The highest BCUT2D eigenvalue weighted by molar-refractivity contribution is 9.10. The summed E-state index contributed by atoms with van der Waals surface area (Å²) in [6.45, 7) is 2.17. The normalized spacial score (nSPS) is 15.4. The van der Waals surface area contributed by atoms with E-state index in [2.05, 4.69) is 41.1 Å². The Balaban J connectivity index is 2.04. The van der Waals surface area contributed by atoms with Crippen LogP contribution < -0.4 is 0 Å². The van der Waals surface area contributed by atoms with Crippen LogP contribution in [-0.4, -0.2) is 4.98 Å². The van der Waals surface area contributed by atoms with Crippen LogP contribution in [0.2, 0.25) is 0 Å². The fourth-order valence-electron chi connectivity index (χ4n) is 1.83. The maximum absolute atomic E-state index is 4.78. The zero-order valence-electron chi connectivity index (χ0n) is 9.03. The summed E-state index contributed by atoms with van der Waals surface area (Å²) in [5.41, 5.74) is 2.38. The highest BCUT2D eigenvalue weighted by Crippen LogP contribution is 2.44. The van der Waals surface area contributed by atoms with Crippen molar-refractivity contribution in [2.75, 3.05) is 0 Å². The molecule has 0 aliphatic heterocycles. The molecule has 16 heavy (non-hydrogen) atoms. The van der Waals surface area contributed by atoms with Gasteiger partial charge in [-0.1, -0.05) is 28.1 Å². The molecule has 0 unspecified atom stereocenters. The number of benzene rings is 1. The van der Waals surface area contributed by atoms with E-state index in [1.54, 1.807) is 0 Å². The van der Waals surface area contributed by atoms with E-state index in [1.165, 1.54) is 28.3 Å². The van der Waals surface area contributed by atoms with Gasteiger partial charge in [-0.05, 0) is 31.9 Å². The van der Waals surface area contributed by atoms with Gasteiger partial charge in [-0.15, -0.1) is 11.3 Å². The fourth-order valence-corrected chi connectivity index (χ4v) is 3.34. The molecule has 82 valence electrons. The van der Waals surface area contributed by atoms with E-state index >= 15 is 0 Å². The van der Waals surface area contributed by atoms with E-state index in [9.17, 15) is 0 Å². The maximum atomic E-state index is 4.78. The Morgan fingerprint density at radius 1 is 1.38 bits per heavy atom. The fraction of sp³-hybridized carbons (Fsp3) is 0.308. The number of aryl methyl sites for hydroxylation is 1. The predicted octanol–water partition coefficient (Wildman–Crippen LogP) is 4.76. The smallest absolute Gasteiger partial charge is 0.0966 e. The highest BCUT2D eigenvalue weighted by atomic mass is 79.9. The molecule has 0 N–H and O–H groups in total. The lowest BCUT2D eigenvalue weighted by atomic mass is 10.1. The molecule has 1 fully saturated rings. The molecule has 0 amide bonds. The Bertz CT molecular complexity index is 528. The van der Waals surface area contributed by atoms with E-state index in [-0.39, 0.29) is 0 Å². The quantitative estimate of drug-likeness (QED) is 0.778. The Hall–Kier alpha value is -0.670. The molecular weight excluding hydrogens is 282 g/mol. The SMILES string of the molecule is Cc1sc(C2CC2)nc1-c1cccc(Br)c1. The highest BCUT2D eigenvalue weighted by Gasteiger charge is 2.27. The number of aromatic nitrogens is 1. The largest absolute Gasteiger partial charge is 0.241 e. The topological polar surface area (TPSA) is 12.9 Å². The van der Waals surface area contributed by atoms with Crippen molar-refractivity contribution in [2.24, 2.45) is 0 Å². The molecule has 0 radical (unpaired) electrons. The van der Waals surface area contributed by atoms with E-state index < -0.39 is 0 Å². The van der Waals surface area contributed by atoms with Crippen molar-refractivity contribution >= 4 is 27.3 Å². The number of halogens is 1. The second kappa shape index (κ2) is 3.97. The summed E-state index contributed by atoms with van der Waals surface area (Å²) < 4.78 is 1.12. The number of rotatable bonds is 2. The van der Waals surface area contributed by atoms with Crippen molar-refractivity contribution in [3.8, 4) is 11.3 Å². The summed E-state index contributed by atoms with van der Waals surface area (Å²) in [5, 5.41) is 1.33. The molecule has 0 spiro atoms. The number of thiazole rings is 1. The van der Waals surface area contributed by atoms with Crippen LogP contribution in [-0.2, 0) is 0 Å². The maximum Gasteiger partial charge on any atom is 0.0966 e. The van der Waals surface area contributed by atoms with Gasteiger partial charge in [0.15, 0.2) is 0 Å². The Labute approximate surface area is 108 Å². The molecule has 1 aliphatic rings. The van der Waals surface area contributed by atoms with Crippen LogP contribution in [0.25, 0.3) is 11.3 Å². The minimum Gasteiger partial charge on any atom is -0.241 e. The molecule has 0 atom stereocenters. The third-order valence-corrected chi connectivity index (χ3v) is 4.46. The van der Waals surface area contributed by atoms with Crippen molar-refractivity contribution in [2.45, 2.75) is 25.7 Å². The molecule has 1 nitrogen and oxygen atoms in total. The molecule has 2 aromatic rings. The second-order valence-corrected chi connectivity index (χ2v) is 6.39. The number of hydrogen-bond donors (Lipinski definition) is 0. The minimum absolute atomic E-state index is 0.754. The van der Waals surface area contributed by atoms with E-state index in [0.717, 1.165) is 16.1 Å². The number of nitrogens with zero attached hydrogens (tertiary/aromatic N) is 1. The summed E-state index contributed by atoms with van der Waals surface area (Å²) in [6.07, 6.45) is 2.65.